The van der Waals surface area contributed by atoms with Gasteiger partial charge < -0.3 is 15.2 Å². The highest BCUT2D eigenvalue weighted by molar-refractivity contribution is 5.15. The molecule has 1 aliphatic rings. The quantitative estimate of drug-likeness (QED) is 0.856. The highest BCUT2D eigenvalue weighted by Crippen LogP contribution is 2.24. The van der Waals surface area contributed by atoms with Crippen LogP contribution in [0.2, 0.25) is 0 Å². The molecule has 2 unspecified atom stereocenters. The largest absolute Gasteiger partial charge is 0.381 e. The molecule has 4 nitrogen and oxygen atoms in total. The molecule has 19 heavy (non-hydrogen) atoms. The molecule has 0 saturated carbocycles. The predicted molar refractivity (Wildman–Crippen MR) is 74.7 cm³/mol. The zero-order valence-electron chi connectivity index (χ0n) is 11.6. The summed E-state index contributed by atoms with van der Waals surface area (Å²) in [5, 5.41) is 0. The maximum Gasteiger partial charge on any atom is 0.0976 e. The van der Waals surface area contributed by atoms with Gasteiger partial charge in [-0.05, 0) is 42.9 Å². The number of nitrogens with zero attached hydrogens (tertiary/aromatic N) is 1. The Morgan fingerprint density at radius 1 is 1.37 bits per heavy atom. The summed E-state index contributed by atoms with van der Waals surface area (Å²) in [5.41, 5.74) is 7.32. The van der Waals surface area contributed by atoms with Crippen molar-refractivity contribution < 1.29 is 9.47 Å². The third kappa shape index (κ3) is 4.27. The molecule has 106 valence electrons. The van der Waals surface area contributed by atoms with Crippen molar-refractivity contribution in [1.29, 1.82) is 0 Å². The van der Waals surface area contributed by atoms with Crippen LogP contribution in [0.15, 0.2) is 24.5 Å². The van der Waals surface area contributed by atoms with Gasteiger partial charge in [0.15, 0.2) is 0 Å². The number of hydrogen-bond acceptors (Lipinski definition) is 4. The second kappa shape index (κ2) is 7.58. The van der Waals surface area contributed by atoms with Crippen molar-refractivity contribution >= 4 is 0 Å². The molecule has 1 saturated heterocycles. The molecule has 1 aromatic rings. The van der Waals surface area contributed by atoms with E-state index >= 15 is 0 Å². The maximum atomic E-state index is 6.19. The lowest BCUT2D eigenvalue weighted by Gasteiger charge is -2.28. The molecule has 0 bridgehead atoms. The molecule has 1 aromatic heterocycles. The lowest BCUT2D eigenvalue weighted by molar-refractivity contribution is -0.0212. The zero-order valence-corrected chi connectivity index (χ0v) is 11.6. The van der Waals surface area contributed by atoms with Gasteiger partial charge >= 0.3 is 0 Å². The van der Waals surface area contributed by atoms with E-state index in [2.05, 4.69) is 11.9 Å². The highest BCUT2D eigenvalue weighted by Gasteiger charge is 2.22. The van der Waals surface area contributed by atoms with Gasteiger partial charge in [0.2, 0.25) is 0 Å². The zero-order chi connectivity index (χ0) is 13.5. The molecule has 2 heterocycles. The number of nitrogens with two attached hydrogens (primary N) is 1. The van der Waals surface area contributed by atoms with Crippen molar-refractivity contribution in [3.63, 3.8) is 0 Å². The molecule has 2 atom stereocenters. The van der Waals surface area contributed by atoms with E-state index in [1.165, 1.54) is 0 Å². The van der Waals surface area contributed by atoms with Crippen molar-refractivity contribution in [2.75, 3.05) is 19.8 Å². The van der Waals surface area contributed by atoms with Crippen LogP contribution in [0.3, 0.4) is 0 Å². The molecular weight excluding hydrogens is 240 g/mol. The molecule has 4 heteroatoms. The van der Waals surface area contributed by atoms with E-state index < -0.39 is 0 Å². The second-order valence-corrected chi connectivity index (χ2v) is 5.16. The first-order valence-corrected chi connectivity index (χ1v) is 7.16. The third-order valence-electron chi connectivity index (χ3n) is 3.75. The van der Waals surface area contributed by atoms with Gasteiger partial charge in [0.25, 0.3) is 0 Å². The summed E-state index contributed by atoms with van der Waals surface area (Å²) in [7, 11) is 0. The van der Waals surface area contributed by atoms with E-state index in [0.717, 1.165) is 44.6 Å². The van der Waals surface area contributed by atoms with Crippen LogP contribution >= 0.6 is 0 Å². The Labute approximate surface area is 115 Å². The SMILES string of the molecule is CCC(N)C(OCC1CCOCC1)c1ccncc1. The Balaban J connectivity index is 1.94. The van der Waals surface area contributed by atoms with E-state index in [-0.39, 0.29) is 12.1 Å². The number of pyridine rings is 1. The Morgan fingerprint density at radius 2 is 2.05 bits per heavy atom. The molecule has 2 N–H and O–H groups in total. The van der Waals surface area contributed by atoms with Gasteiger partial charge in [-0.2, -0.15) is 0 Å². The van der Waals surface area contributed by atoms with Crippen LogP contribution in [0.1, 0.15) is 37.9 Å². The van der Waals surface area contributed by atoms with Gasteiger partial charge in [0.05, 0.1) is 12.7 Å². The Kier molecular flexibility index (Phi) is 5.76. The molecule has 0 spiro atoms. The third-order valence-corrected chi connectivity index (χ3v) is 3.75. The van der Waals surface area contributed by atoms with Gasteiger partial charge in [0.1, 0.15) is 0 Å². The van der Waals surface area contributed by atoms with Crippen LogP contribution < -0.4 is 5.73 Å². The fourth-order valence-corrected chi connectivity index (χ4v) is 2.39. The fraction of sp³-hybridized carbons (Fsp3) is 0.667. The van der Waals surface area contributed by atoms with E-state index in [0.29, 0.717) is 5.92 Å². The summed E-state index contributed by atoms with van der Waals surface area (Å²) in [6, 6.07) is 4.01. The van der Waals surface area contributed by atoms with Crippen molar-refractivity contribution in [1.82, 2.24) is 4.98 Å². The van der Waals surface area contributed by atoms with Gasteiger partial charge in [-0.15, -0.1) is 0 Å². The van der Waals surface area contributed by atoms with Crippen LogP contribution in [0.25, 0.3) is 0 Å². The Bertz CT molecular complexity index is 352. The minimum absolute atomic E-state index is 0.0299. The molecule has 1 aliphatic heterocycles. The van der Waals surface area contributed by atoms with Gasteiger partial charge in [-0.25, -0.2) is 0 Å². The normalized spacial score (nSPS) is 20.1. The number of rotatable bonds is 6. The van der Waals surface area contributed by atoms with Crippen molar-refractivity contribution in [2.45, 2.75) is 38.3 Å². The van der Waals surface area contributed by atoms with Crippen molar-refractivity contribution in [3.05, 3.63) is 30.1 Å². The maximum absolute atomic E-state index is 6.19. The molecule has 2 rings (SSSR count). The number of ether oxygens (including phenoxy) is 2. The Morgan fingerprint density at radius 3 is 2.68 bits per heavy atom. The van der Waals surface area contributed by atoms with Crippen LogP contribution in [-0.2, 0) is 9.47 Å². The van der Waals surface area contributed by atoms with Crippen LogP contribution in [0, 0.1) is 5.92 Å². The van der Waals surface area contributed by atoms with Crippen molar-refractivity contribution in [2.24, 2.45) is 11.7 Å². The monoisotopic (exact) mass is 264 g/mol. The average molecular weight is 264 g/mol. The second-order valence-electron chi connectivity index (χ2n) is 5.16. The highest BCUT2D eigenvalue weighted by atomic mass is 16.5. The first kappa shape index (κ1) is 14.4. The van der Waals surface area contributed by atoms with Gasteiger partial charge in [-0.3, -0.25) is 4.98 Å². The summed E-state index contributed by atoms with van der Waals surface area (Å²) in [6.45, 7) is 4.57. The van der Waals surface area contributed by atoms with Gasteiger partial charge in [0, 0.05) is 31.6 Å². The summed E-state index contributed by atoms with van der Waals surface area (Å²) in [5.74, 6) is 0.599. The molecule has 0 aromatic carbocycles. The summed E-state index contributed by atoms with van der Waals surface area (Å²) < 4.78 is 11.5. The first-order valence-electron chi connectivity index (χ1n) is 7.16. The standard InChI is InChI=1S/C15H24N2O2/c1-2-14(16)15(13-3-7-17-8-4-13)19-11-12-5-9-18-10-6-12/h3-4,7-8,12,14-15H,2,5-6,9-11,16H2,1H3. The summed E-state index contributed by atoms with van der Waals surface area (Å²) in [4.78, 5) is 4.05. The van der Waals surface area contributed by atoms with E-state index in [1.54, 1.807) is 12.4 Å². The first-order chi connectivity index (χ1) is 9.31. The average Bonchev–Trinajstić information content (AvgIpc) is 2.49. The predicted octanol–water partition coefficient (Wildman–Crippen LogP) is 2.30. The van der Waals surface area contributed by atoms with Crippen molar-refractivity contribution in [3.8, 4) is 0 Å². The van der Waals surface area contributed by atoms with Crippen LogP contribution in [-0.4, -0.2) is 30.8 Å². The van der Waals surface area contributed by atoms with E-state index in [4.69, 9.17) is 15.2 Å². The minimum atomic E-state index is -0.0316. The molecule has 0 amide bonds. The van der Waals surface area contributed by atoms with E-state index in [1.807, 2.05) is 12.1 Å². The molecule has 1 fully saturated rings. The number of hydrogen-bond donors (Lipinski definition) is 1. The molecule has 0 radical (unpaired) electrons. The molecular formula is C15H24N2O2. The van der Waals surface area contributed by atoms with Crippen LogP contribution in [0.5, 0.6) is 0 Å². The fourth-order valence-electron chi connectivity index (χ4n) is 2.39. The molecule has 0 aliphatic carbocycles. The van der Waals surface area contributed by atoms with Crippen LogP contribution in [0.4, 0.5) is 0 Å². The summed E-state index contributed by atoms with van der Waals surface area (Å²) >= 11 is 0. The lowest BCUT2D eigenvalue weighted by atomic mass is 9.99. The van der Waals surface area contributed by atoms with Gasteiger partial charge in [-0.1, -0.05) is 6.92 Å². The topological polar surface area (TPSA) is 57.4 Å². The number of aromatic nitrogens is 1. The van der Waals surface area contributed by atoms with E-state index in [9.17, 15) is 0 Å². The lowest BCUT2D eigenvalue weighted by Crippen LogP contribution is -2.31. The minimum Gasteiger partial charge on any atom is -0.381 e. The smallest absolute Gasteiger partial charge is 0.0976 e. The summed E-state index contributed by atoms with van der Waals surface area (Å²) in [6.07, 6.45) is 6.64. The Hall–Kier alpha value is -0.970.